The minimum absolute atomic E-state index is 0.575. The summed E-state index contributed by atoms with van der Waals surface area (Å²) in [5.74, 6) is 2.24. The molecule has 0 atom stereocenters. The summed E-state index contributed by atoms with van der Waals surface area (Å²) < 4.78 is 5.32. The standard InChI is InChI=1S/C15H20N4O/c1-2-12-5-9-19(10-6-12)11-14-17-15(20-18-14)13-3-7-16-8-4-13/h3-4,7-8,12H,2,5-6,9-11H2,1H3. The van der Waals surface area contributed by atoms with Crippen LogP contribution in [0.15, 0.2) is 29.0 Å². The van der Waals surface area contributed by atoms with E-state index in [0.29, 0.717) is 5.89 Å². The Bertz CT molecular complexity index is 532. The van der Waals surface area contributed by atoms with Crippen LogP contribution >= 0.6 is 0 Å². The molecule has 0 saturated carbocycles. The van der Waals surface area contributed by atoms with Crippen molar-refractivity contribution in [2.24, 2.45) is 5.92 Å². The fraction of sp³-hybridized carbons (Fsp3) is 0.533. The number of rotatable bonds is 4. The summed E-state index contributed by atoms with van der Waals surface area (Å²) in [6.45, 7) is 5.33. The average molecular weight is 272 g/mol. The average Bonchev–Trinajstić information content (AvgIpc) is 2.97. The molecule has 5 nitrogen and oxygen atoms in total. The summed E-state index contributed by atoms with van der Waals surface area (Å²) in [7, 11) is 0. The SMILES string of the molecule is CCC1CCN(Cc2noc(-c3ccncc3)n2)CC1. The molecule has 0 bridgehead atoms. The normalized spacial score (nSPS) is 17.4. The van der Waals surface area contributed by atoms with Crippen LogP contribution in [0.25, 0.3) is 11.5 Å². The predicted molar refractivity (Wildman–Crippen MR) is 75.8 cm³/mol. The van der Waals surface area contributed by atoms with Gasteiger partial charge in [0.2, 0.25) is 0 Å². The van der Waals surface area contributed by atoms with Crippen molar-refractivity contribution < 1.29 is 4.52 Å². The second-order valence-electron chi connectivity index (χ2n) is 5.38. The highest BCUT2D eigenvalue weighted by molar-refractivity contribution is 5.50. The van der Waals surface area contributed by atoms with E-state index in [-0.39, 0.29) is 0 Å². The molecule has 3 heterocycles. The molecule has 3 rings (SSSR count). The van der Waals surface area contributed by atoms with Crippen molar-refractivity contribution in [1.29, 1.82) is 0 Å². The Kier molecular flexibility index (Phi) is 4.06. The molecule has 0 spiro atoms. The van der Waals surface area contributed by atoms with E-state index in [4.69, 9.17) is 4.52 Å². The molecule has 0 N–H and O–H groups in total. The number of pyridine rings is 1. The van der Waals surface area contributed by atoms with Crippen molar-refractivity contribution in [2.75, 3.05) is 13.1 Å². The minimum atomic E-state index is 0.575. The zero-order chi connectivity index (χ0) is 13.8. The van der Waals surface area contributed by atoms with Crippen LogP contribution in [0, 0.1) is 5.92 Å². The molecule has 1 saturated heterocycles. The molecule has 2 aromatic rings. The first-order valence-electron chi connectivity index (χ1n) is 7.30. The van der Waals surface area contributed by atoms with E-state index in [1.807, 2.05) is 12.1 Å². The first-order valence-corrected chi connectivity index (χ1v) is 7.30. The van der Waals surface area contributed by atoms with E-state index in [1.54, 1.807) is 12.4 Å². The number of piperidine rings is 1. The molecule has 0 amide bonds. The minimum Gasteiger partial charge on any atom is -0.334 e. The third-order valence-corrected chi connectivity index (χ3v) is 4.04. The van der Waals surface area contributed by atoms with Gasteiger partial charge < -0.3 is 4.52 Å². The Morgan fingerprint density at radius 1 is 1.25 bits per heavy atom. The molecule has 1 aliphatic rings. The molecule has 0 aromatic carbocycles. The van der Waals surface area contributed by atoms with Gasteiger partial charge in [0.15, 0.2) is 5.82 Å². The van der Waals surface area contributed by atoms with E-state index < -0.39 is 0 Å². The molecule has 0 aliphatic carbocycles. The van der Waals surface area contributed by atoms with Gasteiger partial charge in [0.25, 0.3) is 5.89 Å². The lowest BCUT2D eigenvalue weighted by Gasteiger charge is -2.30. The summed E-state index contributed by atoms with van der Waals surface area (Å²) in [5.41, 5.74) is 0.920. The van der Waals surface area contributed by atoms with Crippen molar-refractivity contribution in [1.82, 2.24) is 20.0 Å². The van der Waals surface area contributed by atoms with Gasteiger partial charge in [-0.25, -0.2) is 0 Å². The first kappa shape index (κ1) is 13.2. The number of aromatic nitrogens is 3. The van der Waals surface area contributed by atoms with E-state index in [2.05, 4.69) is 26.9 Å². The number of hydrogen-bond donors (Lipinski definition) is 0. The molecule has 0 unspecified atom stereocenters. The monoisotopic (exact) mass is 272 g/mol. The third kappa shape index (κ3) is 3.04. The molecule has 1 aliphatic heterocycles. The lowest BCUT2D eigenvalue weighted by molar-refractivity contribution is 0.170. The summed E-state index contributed by atoms with van der Waals surface area (Å²) in [6.07, 6.45) is 7.32. The molecular formula is C15H20N4O. The van der Waals surface area contributed by atoms with Gasteiger partial charge in [0, 0.05) is 18.0 Å². The summed E-state index contributed by atoms with van der Waals surface area (Å²) in [6, 6.07) is 3.76. The fourth-order valence-electron chi connectivity index (χ4n) is 2.68. The maximum atomic E-state index is 5.32. The second kappa shape index (κ2) is 6.13. The Balaban J connectivity index is 1.61. The molecule has 0 radical (unpaired) electrons. The Hall–Kier alpha value is -1.75. The maximum absolute atomic E-state index is 5.32. The Labute approximate surface area is 119 Å². The topological polar surface area (TPSA) is 55.1 Å². The van der Waals surface area contributed by atoms with Crippen LogP contribution < -0.4 is 0 Å². The van der Waals surface area contributed by atoms with Gasteiger partial charge in [-0.2, -0.15) is 4.98 Å². The van der Waals surface area contributed by atoms with E-state index in [9.17, 15) is 0 Å². The summed E-state index contributed by atoms with van der Waals surface area (Å²) >= 11 is 0. The third-order valence-electron chi connectivity index (χ3n) is 4.04. The fourth-order valence-corrected chi connectivity index (χ4v) is 2.68. The molecule has 5 heteroatoms. The molecule has 106 valence electrons. The van der Waals surface area contributed by atoms with Gasteiger partial charge in [-0.1, -0.05) is 18.5 Å². The van der Waals surface area contributed by atoms with Crippen molar-refractivity contribution in [2.45, 2.75) is 32.7 Å². The van der Waals surface area contributed by atoms with E-state index >= 15 is 0 Å². The molecule has 2 aromatic heterocycles. The van der Waals surface area contributed by atoms with Crippen LogP contribution in [0.2, 0.25) is 0 Å². The van der Waals surface area contributed by atoms with Gasteiger partial charge in [0.1, 0.15) is 0 Å². The highest BCUT2D eigenvalue weighted by Crippen LogP contribution is 2.21. The van der Waals surface area contributed by atoms with Crippen molar-refractivity contribution >= 4 is 0 Å². The smallest absolute Gasteiger partial charge is 0.258 e. The molecule has 20 heavy (non-hydrogen) atoms. The second-order valence-corrected chi connectivity index (χ2v) is 5.38. The number of nitrogens with zero attached hydrogens (tertiary/aromatic N) is 4. The van der Waals surface area contributed by atoms with Gasteiger partial charge in [-0.15, -0.1) is 0 Å². The van der Waals surface area contributed by atoms with Crippen LogP contribution in [0.3, 0.4) is 0 Å². The largest absolute Gasteiger partial charge is 0.334 e. The number of hydrogen-bond acceptors (Lipinski definition) is 5. The van der Waals surface area contributed by atoms with Crippen LogP contribution in [-0.4, -0.2) is 33.1 Å². The van der Waals surface area contributed by atoms with E-state index in [0.717, 1.165) is 36.9 Å². The van der Waals surface area contributed by atoms with Crippen LogP contribution in [0.5, 0.6) is 0 Å². The van der Waals surface area contributed by atoms with Crippen molar-refractivity contribution in [3.8, 4) is 11.5 Å². The van der Waals surface area contributed by atoms with Crippen molar-refractivity contribution in [3.63, 3.8) is 0 Å². The molecule has 1 fully saturated rings. The quantitative estimate of drug-likeness (QED) is 0.856. The number of likely N-dealkylation sites (tertiary alicyclic amines) is 1. The zero-order valence-corrected chi connectivity index (χ0v) is 11.8. The zero-order valence-electron chi connectivity index (χ0n) is 11.8. The Morgan fingerprint density at radius 3 is 2.70 bits per heavy atom. The first-order chi connectivity index (χ1) is 9.85. The summed E-state index contributed by atoms with van der Waals surface area (Å²) in [4.78, 5) is 10.9. The summed E-state index contributed by atoms with van der Waals surface area (Å²) in [5, 5.41) is 4.08. The Morgan fingerprint density at radius 2 is 2.00 bits per heavy atom. The van der Waals surface area contributed by atoms with Gasteiger partial charge in [-0.3, -0.25) is 9.88 Å². The van der Waals surface area contributed by atoms with Gasteiger partial charge in [-0.05, 0) is 44.0 Å². The van der Waals surface area contributed by atoms with Crippen LogP contribution in [-0.2, 0) is 6.54 Å². The highest BCUT2D eigenvalue weighted by atomic mass is 16.5. The predicted octanol–water partition coefficient (Wildman–Crippen LogP) is 2.75. The lowest BCUT2D eigenvalue weighted by Crippen LogP contribution is -2.33. The lowest BCUT2D eigenvalue weighted by atomic mass is 9.94. The van der Waals surface area contributed by atoms with Gasteiger partial charge >= 0.3 is 0 Å². The highest BCUT2D eigenvalue weighted by Gasteiger charge is 2.19. The van der Waals surface area contributed by atoms with Gasteiger partial charge in [0.05, 0.1) is 6.54 Å². The maximum Gasteiger partial charge on any atom is 0.258 e. The van der Waals surface area contributed by atoms with Crippen LogP contribution in [0.4, 0.5) is 0 Å². The molecular weight excluding hydrogens is 252 g/mol. The van der Waals surface area contributed by atoms with Crippen LogP contribution in [0.1, 0.15) is 32.0 Å². The van der Waals surface area contributed by atoms with E-state index in [1.165, 1.54) is 19.3 Å². The van der Waals surface area contributed by atoms with Crippen molar-refractivity contribution in [3.05, 3.63) is 30.4 Å².